The number of hydrogen-bond donors (Lipinski definition) is 1. The molecule has 1 aromatic carbocycles. The minimum atomic E-state index is -3.18. The van der Waals surface area contributed by atoms with Crippen LogP contribution in [0.4, 0.5) is 5.69 Å². The average molecular weight is 352 g/mol. The molecule has 24 heavy (non-hydrogen) atoms. The number of rotatable bonds is 4. The van der Waals surface area contributed by atoms with Crippen LogP contribution in [-0.4, -0.2) is 68.1 Å². The van der Waals surface area contributed by atoms with E-state index in [4.69, 9.17) is 0 Å². The number of amides is 1. The number of anilines is 1. The molecule has 2 aliphatic rings. The molecule has 0 aliphatic carbocycles. The minimum absolute atomic E-state index is 0.0363. The van der Waals surface area contributed by atoms with Crippen LogP contribution >= 0.6 is 0 Å². The number of sulfone groups is 1. The van der Waals surface area contributed by atoms with Gasteiger partial charge in [0, 0.05) is 25.2 Å². The molecule has 0 bridgehead atoms. The standard InChI is InChI=1S/C17H24N2O4S/c1-18(15-11-24(22,23)12-16(15)20)10-8-17(21)19-9-4-6-13-5-2-3-7-14(13)19/h2-3,5,7,15-16,20H,4,6,8-12H2,1H3/t15-,16-/m1/s1. The Bertz CT molecular complexity index is 719. The van der Waals surface area contributed by atoms with Crippen LogP contribution in [0.3, 0.4) is 0 Å². The maximum atomic E-state index is 12.6. The molecule has 1 amide bonds. The summed E-state index contributed by atoms with van der Waals surface area (Å²) in [6.07, 6.45) is 1.39. The predicted octanol–water partition coefficient (Wildman–Crippen LogP) is 0.446. The van der Waals surface area contributed by atoms with Crippen molar-refractivity contribution >= 4 is 21.4 Å². The van der Waals surface area contributed by atoms with Gasteiger partial charge in [0.25, 0.3) is 0 Å². The number of nitrogens with zero attached hydrogens (tertiary/aromatic N) is 2. The number of fused-ring (bicyclic) bond motifs is 1. The molecule has 2 heterocycles. The molecule has 1 aromatic rings. The van der Waals surface area contributed by atoms with E-state index in [9.17, 15) is 18.3 Å². The van der Waals surface area contributed by atoms with Crippen LogP contribution in [0.1, 0.15) is 18.4 Å². The smallest absolute Gasteiger partial charge is 0.228 e. The van der Waals surface area contributed by atoms with Gasteiger partial charge in [0.2, 0.25) is 5.91 Å². The van der Waals surface area contributed by atoms with E-state index in [1.165, 1.54) is 5.56 Å². The van der Waals surface area contributed by atoms with Gasteiger partial charge in [0.1, 0.15) is 0 Å². The Morgan fingerprint density at radius 2 is 2.08 bits per heavy atom. The van der Waals surface area contributed by atoms with E-state index < -0.39 is 22.0 Å². The summed E-state index contributed by atoms with van der Waals surface area (Å²) in [7, 11) is -1.41. The van der Waals surface area contributed by atoms with Crippen LogP contribution in [-0.2, 0) is 21.1 Å². The topological polar surface area (TPSA) is 77.9 Å². The summed E-state index contributed by atoms with van der Waals surface area (Å²) in [5.41, 5.74) is 2.18. The van der Waals surface area contributed by atoms with E-state index in [2.05, 4.69) is 6.07 Å². The van der Waals surface area contributed by atoms with Crippen LogP contribution in [0.15, 0.2) is 24.3 Å². The first-order chi connectivity index (χ1) is 11.4. The van der Waals surface area contributed by atoms with Gasteiger partial charge >= 0.3 is 0 Å². The van der Waals surface area contributed by atoms with Crippen molar-refractivity contribution < 1.29 is 18.3 Å². The molecule has 0 saturated carbocycles. The fraction of sp³-hybridized carbons (Fsp3) is 0.588. The number of likely N-dealkylation sites (N-methyl/N-ethyl adjacent to an activating group) is 1. The Morgan fingerprint density at radius 1 is 1.33 bits per heavy atom. The molecule has 1 saturated heterocycles. The summed E-state index contributed by atoms with van der Waals surface area (Å²) < 4.78 is 23.2. The van der Waals surface area contributed by atoms with Gasteiger partial charge in [-0.15, -0.1) is 0 Å². The monoisotopic (exact) mass is 352 g/mol. The average Bonchev–Trinajstić information content (AvgIpc) is 2.84. The number of carbonyl (C=O) groups is 1. The van der Waals surface area contributed by atoms with Crippen molar-refractivity contribution in [3.05, 3.63) is 29.8 Å². The van der Waals surface area contributed by atoms with Gasteiger partial charge in [0.05, 0.1) is 23.7 Å². The fourth-order valence-electron chi connectivity index (χ4n) is 3.60. The molecule has 1 fully saturated rings. The van der Waals surface area contributed by atoms with Crippen LogP contribution in [0.5, 0.6) is 0 Å². The molecule has 7 heteroatoms. The highest BCUT2D eigenvalue weighted by atomic mass is 32.2. The summed E-state index contributed by atoms with van der Waals surface area (Å²) in [6, 6.07) is 7.54. The van der Waals surface area contributed by atoms with Crippen molar-refractivity contribution in [2.45, 2.75) is 31.4 Å². The lowest BCUT2D eigenvalue weighted by Crippen LogP contribution is -2.43. The zero-order chi connectivity index (χ0) is 17.3. The Balaban J connectivity index is 1.60. The highest BCUT2D eigenvalue weighted by Gasteiger charge is 2.38. The molecule has 132 valence electrons. The third-order valence-corrected chi connectivity index (χ3v) is 6.65. The Hall–Kier alpha value is -1.44. The van der Waals surface area contributed by atoms with E-state index in [0.29, 0.717) is 13.0 Å². The number of benzene rings is 1. The van der Waals surface area contributed by atoms with Gasteiger partial charge in [-0.1, -0.05) is 18.2 Å². The summed E-state index contributed by atoms with van der Waals surface area (Å²) >= 11 is 0. The lowest BCUT2D eigenvalue weighted by molar-refractivity contribution is -0.119. The molecule has 1 N–H and O–H groups in total. The van der Waals surface area contributed by atoms with Crippen molar-refractivity contribution in [1.29, 1.82) is 0 Å². The molecule has 0 unspecified atom stereocenters. The lowest BCUT2D eigenvalue weighted by atomic mass is 10.0. The maximum absolute atomic E-state index is 12.6. The summed E-state index contributed by atoms with van der Waals surface area (Å²) in [5.74, 6) is -0.176. The Morgan fingerprint density at radius 3 is 2.79 bits per heavy atom. The molecular weight excluding hydrogens is 328 g/mol. The number of carbonyl (C=O) groups excluding carboxylic acids is 1. The number of para-hydroxylation sites is 1. The quantitative estimate of drug-likeness (QED) is 0.851. The molecule has 3 rings (SSSR count). The first-order valence-electron chi connectivity index (χ1n) is 8.34. The SMILES string of the molecule is CN(CCC(=O)N1CCCc2ccccc21)[C@@H]1CS(=O)(=O)C[C@H]1O. The lowest BCUT2D eigenvalue weighted by Gasteiger charge is -2.31. The second kappa shape index (κ2) is 6.82. The third kappa shape index (κ3) is 3.63. The van der Waals surface area contributed by atoms with E-state index in [1.54, 1.807) is 11.9 Å². The summed E-state index contributed by atoms with van der Waals surface area (Å²) in [5, 5.41) is 9.92. The summed E-state index contributed by atoms with van der Waals surface area (Å²) in [4.78, 5) is 16.2. The normalized spacial score (nSPS) is 25.7. The zero-order valence-corrected chi connectivity index (χ0v) is 14.7. The molecule has 0 spiro atoms. The van der Waals surface area contributed by atoms with Gasteiger partial charge in [-0.2, -0.15) is 0 Å². The predicted molar refractivity (Wildman–Crippen MR) is 92.8 cm³/mol. The fourth-order valence-corrected chi connectivity index (χ4v) is 5.47. The van der Waals surface area contributed by atoms with E-state index in [1.807, 2.05) is 23.1 Å². The van der Waals surface area contributed by atoms with Gasteiger partial charge < -0.3 is 10.0 Å². The van der Waals surface area contributed by atoms with Crippen LogP contribution in [0, 0.1) is 0 Å². The van der Waals surface area contributed by atoms with Gasteiger partial charge in [0.15, 0.2) is 9.84 Å². The van der Waals surface area contributed by atoms with Crippen LogP contribution < -0.4 is 4.90 Å². The number of aryl methyl sites for hydroxylation is 1. The molecule has 2 aliphatic heterocycles. The first kappa shape index (κ1) is 17.4. The highest BCUT2D eigenvalue weighted by Crippen LogP contribution is 2.27. The molecular formula is C17H24N2O4S. The van der Waals surface area contributed by atoms with Gasteiger partial charge in [-0.3, -0.25) is 9.69 Å². The molecule has 6 nitrogen and oxygen atoms in total. The van der Waals surface area contributed by atoms with Crippen LogP contribution in [0.2, 0.25) is 0 Å². The molecule has 0 aromatic heterocycles. The van der Waals surface area contributed by atoms with Crippen molar-refractivity contribution in [3.63, 3.8) is 0 Å². The number of hydrogen-bond acceptors (Lipinski definition) is 5. The van der Waals surface area contributed by atoms with Crippen LogP contribution in [0.25, 0.3) is 0 Å². The summed E-state index contributed by atoms with van der Waals surface area (Å²) in [6.45, 7) is 1.16. The van der Waals surface area contributed by atoms with Gasteiger partial charge in [-0.05, 0) is 31.5 Å². The number of aliphatic hydroxyl groups is 1. The van der Waals surface area contributed by atoms with Crippen molar-refractivity contribution in [2.75, 3.05) is 36.5 Å². The van der Waals surface area contributed by atoms with Crippen molar-refractivity contribution in [3.8, 4) is 0 Å². The van der Waals surface area contributed by atoms with Gasteiger partial charge in [-0.25, -0.2) is 8.42 Å². The second-order valence-corrected chi connectivity index (χ2v) is 8.87. The molecule has 0 radical (unpaired) electrons. The van der Waals surface area contributed by atoms with E-state index in [-0.39, 0.29) is 17.4 Å². The van der Waals surface area contributed by atoms with E-state index in [0.717, 1.165) is 25.1 Å². The maximum Gasteiger partial charge on any atom is 0.228 e. The van der Waals surface area contributed by atoms with Crippen molar-refractivity contribution in [2.24, 2.45) is 0 Å². The third-order valence-electron chi connectivity index (χ3n) is 4.95. The first-order valence-corrected chi connectivity index (χ1v) is 10.2. The Labute approximate surface area is 143 Å². The Kier molecular flexibility index (Phi) is 4.94. The zero-order valence-electron chi connectivity index (χ0n) is 13.9. The molecule has 2 atom stereocenters. The number of aliphatic hydroxyl groups excluding tert-OH is 1. The highest BCUT2D eigenvalue weighted by molar-refractivity contribution is 7.91. The second-order valence-electron chi connectivity index (χ2n) is 6.72. The van der Waals surface area contributed by atoms with Crippen molar-refractivity contribution in [1.82, 2.24) is 4.90 Å². The largest absolute Gasteiger partial charge is 0.390 e. The van der Waals surface area contributed by atoms with E-state index >= 15 is 0 Å². The minimum Gasteiger partial charge on any atom is -0.390 e.